The molecule has 6 heteroatoms. The van der Waals surface area contributed by atoms with Gasteiger partial charge in [-0.25, -0.2) is 0 Å². The summed E-state index contributed by atoms with van der Waals surface area (Å²) in [6, 6.07) is 4.58. The highest BCUT2D eigenvalue weighted by molar-refractivity contribution is 5.81. The van der Waals surface area contributed by atoms with E-state index < -0.39 is 0 Å². The Balaban J connectivity index is 1.34. The minimum absolute atomic E-state index is 0.157. The van der Waals surface area contributed by atoms with Gasteiger partial charge in [-0.3, -0.25) is 14.7 Å². The molecule has 0 radical (unpaired) electrons. The molecule has 3 atom stereocenters. The van der Waals surface area contributed by atoms with Crippen LogP contribution in [0.2, 0.25) is 0 Å². The number of hydrogen-bond acceptors (Lipinski definition) is 5. The number of fused-ring (bicyclic) bond motifs is 1. The lowest BCUT2D eigenvalue weighted by molar-refractivity contribution is -0.158. The van der Waals surface area contributed by atoms with Gasteiger partial charge >= 0.3 is 0 Å². The van der Waals surface area contributed by atoms with E-state index in [1.807, 2.05) is 17.3 Å². The minimum Gasteiger partial charge on any atom is -0.378 e. The van der Waals surface area contributed by atoms with Crippen LogP contribution >= 0.6 is 0 Å². The molecule has 3 aliphatic heterocycles. The van der Waals surface area contributed by atoms with Crippen LogP contribution in [-0.2, 0) is 20.8 Å². The van der Waals surface area contributed by atoms with E-state index in [1.54, 1.807) is 0 Å². The van der Waals surface area contributed by atoms with E-state index in [0.29, 0.717) is 32.3 Å². The third kappa shape index (κ3) is 3.31. The first-order valence-electron chi connectivity index (χ1n) is 8.96. The zero-order chi connectivity index (χ0) is 16.4. The third-order valence-corrected chi connectivity index (χ3v) is 5.40. The van der Waals surface area contributed by atoms with Gasteiger partial charge in [0.05, 0.1) is 19.3 Å². The van der Waals surface area contributed by atoms with Crippen LogP contribution in [-0.4, -0.2) is 71.8 Å². The molecule has 0 spiro atoms. The summed E-state index contributed by atoms with van der Waals surface area (Å²) in [6.45, 7) is 4.65. The quantitative estimate of drug-likeness (QED) is 0.829. The number of aromatic nitrogens is 1. The predicted octanol–water partition coefficient (Wildman–Crippen LogP) is 1.06. The van der Waals surface area contributed by atoms with Crippen LogP contribution in [0.1, 0.15) is 24.8 Å². The average molecular weight is 331 g/mol. The Morgan fingerprint density at radius 1 is 1.12 bits per heavy atom. The number of nitrogens with zero attached hydrogens (tertiary/aromatic N) is 3. The van der Waals surface area contributed by atoms with Gasteiger partial charge in [0.1, 0.15) is 6.10 Å². The molecular weight excluding hydrogens is 306 g/mol. The van der Waals surface area contributed by atoms with Gasteiger partial charge in [-0.15, -0.1) is 0 Å². The van der Waals surface area contributed by atoms with Gasteiger partial charge in [0, 0.05) is 44.6 Å². The van der Waals surface area contributed by atoms with E-state index in [9.17, 15) is 4.79 Å². The second-order valence-corrected chi connectivity index (χ2v) is 6.86. The van der Waals surface area contributed by atoms with Crippen LogP contribution in [0.4, 0.5) is 0 Å². The molecule has 3 aliphatic rings. The molecule has 3 saturated heterocycles. The van der Waals surface area contributed by atoms with Gasteiger partial charge in [0.2, 0.25) is 0 Å². The largest absolute Gasteiger partial charge is 0.378 e. The van der Waals surface area contributed by atoms with Crippen molar-refractivity contribution in [1.82, 2.24) is 14.8 Å². The van der Waals surface area contributed by atoms with E-state index >= 15 is 0 Å². The van der Waals surface area contributed by atoms with Crippen molar-refractivity contribution in [3.63, 3.8) is 0 Å². The van der Waals surface area contributed by atoms with Crippen molar-refractivity contribution in [2.75, 3.05) is 32.8 Å². The molecule has 0 aliphatic carbocycles. The summed E-state index contributed by atoms with van der Waals surface area (Å²) in [5.41, 5.74) is 1.29. The second kappa shape index (κ2) is 7.17. The maximum absolute atomic E-state index is 12.6. The molecule has 0 bridgehead atoms. The first-order chi connectivity index (χ1) is 11.8. The molecule has 4 rings (SSSR count). The number of ether oxygens (including phenoxy) is 2. The van der Waals surface area contributed by atoms with E-state index in [2.05, 4.69) is 22.0 Å². The standard InChI is InChI=1S/C18H25N3O3/c22-18(20-9-11-23-12-10-20)17-2-1-15-16(24-17)5-8-21(15)13-14-3-6-19-7-4-14/h3-4,6-7,15-17H,1-2,5,8-13H2/t15-,16-,17-/m1/s1. The summed E-state index contributed by atoms with van der Waals surface area (Å²) in [5, 5.41) is 0. The van der Waals surface area contributed by atoms with Crippen molar-refractivity contribution < 1.29 is 14.3 Å². The lowest BCUT2D eigenvalue weighted by atomic mass is 9.98. The van der Waals surface area contributed by atoms with Gasteiger partial charge in [0.15, 0.2) is 0 Å². The van der Waals surface area contributed by atoms with Crippen LogP contribution < -0.4 is 0 Å². The Hall–Kier alpha value is -1.50. The second-order valence-electron chi connectivity index (χ2n) is 6.86. The average Bonchev–Trinajstić information content (AvgIpc) is 3.05. The smallest absolute Gasteiger partial charge is 0.251 e. The number of likely N-dealkylation sites (tertiary alicyclic amines) is 1. The fourth-order valence-electron chi connectivity index (χ4n) is 4.10. The van der Waals surface area contributed by atoms with Crippen LogP contribution in [0.3, 0.4) is 0 Å². The first-order valence-corrected chi connectivity index (χ1v) is 8.96. The predicted molar refractivity (Wildman–Crippen MR) is 88.3 cm³/mol. The lowest BCUT2D eigenvalue weighted by Gasteiger charge is -2.38. The maximum atomic E-state index is 12.6. The topological polar surface area (TPSA) is 54.9 Å². The first kappa shape index (κ1) is 16.0. The van der Waals surface area contributed by atoms with E-state index in [4.69, 9.17) is 9.47 Å². The van der Waals surface area contributed by atoms with Crippen molar-refractivity contribution in [2.24, 2.45) is 0 Å². The number of amides is 1. The molecule has 0 aromatic carbocycles. The Labute approximate surface area is 142 Å². The number of carbonyl (C=O) groups excluding carboxylic acids is 1. The Morgan fingerprint density at radius 3 is 2.71 bits per heavy atom. The lowest BCUT2D eigenvalue weighted by Crippen LogP contribution is -2.51. The number of rotatable bonds is 3. The molecule has 130 valence electrons. The Kier molecular flexibility index (Phi) is 4.78. The number of pyridine rings is 1. The van der Waals surface area contributed by atoms with Gasteiger partial charge in [-0.1, -0.05) is 0 Å². The highest BCUT2D eigenvalue weighted by atomic mass is 16.5. The fraction of sp³-hybridized carbons (Fsp3) is 0.667. The van der Waals surface area contributed by atoms with Gasteiger partial charge < -0.3 is 14.4 Å². The summed E-state index contributed by atoms with van der Waals surface area (Å²) < 4.78 is 11.5. The molecule has 1 aromatic rings. The molecule has 3 fully saturated rings. The summed E-state index contributed by atoms with van der Waals surface area (Å²) in [5.74, 6) is 0.157. The third-order valence-electron chi connectivity index (χ3n) is 5.40. The van der Waals surface area contributed by atoms with Crippen molar-refractivity contribution in [2.45, 2.75) is 44.1 Å². The molecule has 0 saturated carbocycles. The Bertz CT molecular complexity index is 562. The van der Waals surface area contributed by atoms with Gasteiger partial charge in [-0.2, -0.15) is 0 Å². The van der Waals surface area contributed by atoms with E-state index in [-0.39, 0.29) is 18.1 Å². The van der Waals surface area contributed by atoms with Crippen molar-refractivity contribution in [1.29, 1.82) is 0 Å². The number of morpholine rings is 1. The molecule has 1 aromatic heterocycles. The zero-order valence-electron chi connectivity index (χ0n) is 14.0. The normalized spacial score (nSPS) is 31.0. The van der Waals surface area contributed by atoms with Crippen LogP contribution in [0, 0.1) is 0 Å². The summed E-state index contributed by atoms with van der Waals surface area (Å²) in [6.07, 6.45) is 6.50. The highest BCUT2D eigenvalue weighted by Gasteiger charge is 2.42. The highest BCUT2D eigenvalue weighted by Crippen LogP contribution is 2.33. The molecule has 0 N–H and O–H groups in total. The Morgan fingerprint density at radius 2 is 1.92 bits per heavy atom. The van der Waals surface area contributed by atoms with Crippen molar-refractivity contribution in [3.8, 4) is 0 Å². The van der Waals surface area contributed by atoms with Gasteiger partial charge in [-0.05, 0) is 37.0 Å². The van der Waals surface area contributed by atoms with Gasteiger partial charge in [0.25, 0.3) is 5.91 Å². The maximum Gasteiger partial charge on any atom is 0.251 e. The summed E-state index contributed by atoms with van der Waals surface area (Å²) in [7, 11) is 0. The number of hydrogen-bond donors (Lipinski definition) is 0. The van der Waals surface area contributed by atoms with Crippen molar-refractivity contribution in [3.05, 3.63) is 30.1 Å². The number of carbonyl (C=O) groups is 1. The van der Waals surface area contributed by atoms with Crippen molar-refractivity contribution >= 4 is 5.91 Å². The molecule has 0 unspecified atom stereocenters. The molecule has 6 nitrogen and oxygen atoms in total. The molecule has 1 amide bonds. The zero-order valence-corrected chi connectivity index (χ0v) is 14.0. The molecule has 24 heavy (non-hydrogen) atoms. The van der Waals surface area contributed by atoms with E-state index in [0.717, 1.165) is 32.4 Å². The fourth-order valence-corrected chi connectivity index (χ4v) is 4.10. The van der Waals surface area contributed by atoms with E-state index in [1.165, 1.54) is 5.56 Å². The van der Waals surface area contributed by atoms with Crippen LogP contribution in [0.15, 0.2) is 24.5 Å². The minimum atomic E-state index is -0.259. The monoisotopic (exact) mass is 331 g/mol. The summed E-state index contributed by atoms with van der Waals surface area (Å²) in [4.78, 5) is 21.1. The molecular formula is C18H25N3O3. The summed E-state index contributed by atoms with van der Waals surface area (Å²) >= 11 is 0. The van der Waals surface area contributed by atoms with Crippen LogP contribution in [0.25, 0.3) is 0 Å². The van der Waals surface area contributed by atoms with Crippen LogP contribution in [0.5, 0.6) is 0 Å². The SMILES string of the molecule is O=C([C@H]1CC[C@@H]2[C@@H](CCN2Cc2ccncc2)O1)N1CCOCC1. The molecule has 4 heterocycles.